The summed E-state index contributed by atoms with van der Waals surface area (Å²) in [7, 11) is -1.55. The molecular formula is C21H21Cl2NO4S. The highest BCUT2D eigenvalue weighted by Crippen LogP contribution is 2.24. The summed E-state index contributed by atoms with van der Waals surface area (Å²) in [5.74, 6) is 0.516. The molecule has 0 aromatic heterocycles. The molecule has 8 heteroatoms. The Balaban J connectivity index is 1.83. The number of methoxy groups -OCH3 is 1. The molecule has 154 valence electrons. The van der Waals surface area contributed by atoms with Crippen LogP contribution < -0.4 is 4.74 Å². The van der Waals surface area contributed by atoms with Crippen LogP contribution in [-0.4, -0.2) is 43.9 Å². The largest absolute Gasteiger partial charge is 0.497 e. The van der Waals surface area contributed by atoms with Crippen molar-refractivity contribution in [2.24, 2.45) is 0 Å². The second kappa shape index (κ2) is 9.20. The predicted molar refractivity (Wildman–Crippen MR) is 116 cm³/mol. The van der Waals surface area contributed by atoms with Crippen LogP contribution >= 0.6 is 23.2 Å². The number of sulfone groups is 1. The molecule has 0 bridgehead atoms. The fourth-order valence-corrected chi connectivity index (χ4v) is 5.43. The Kier molecular flexibility index (Phi) is 6.88. The Morgan fingerprint density at radius 1 is 1.21 bits per heavy atom. The van der Waals surface area contributed by atoms with Crippen LogP contribution in [0, 0.1) is 0 Å². The van der Waals surface area contributed by atoms with Crippen molar-refractivity contribution in [1.82, 2.24) is 4.90 Å². The van der Waals surface area contributed by atoms with Gasteiger partial charge in [0.2, 0.25) is 5.91 Å². The summed E-state index contributed by atoms with van der Waals surface area (Å²) in [6.07, 6.45) is 3.47. The lowest BCUT2D eigenvalue weighted by Gasteiger charge is -2.27. The number of rotatable bonds is 6. The maximum Gasteiger partial charge on any atom is 0.247 e. The average molecular weight is 454 g/mol. The van der Waals surface area contributed by atoms with Crippen molar-refractivity contribution in [3.05, 3.63) is 69.7 Å². The van der Waals surface area contributed by atoms with Crippen molar-refractivity contribution >= 4 is 45.0 Å². The molecule has 1 fully saturated rings. The number of benzene rings is 2. The average Bonchev–Trinajstić information content (AvgIpc) is 3.05. The summed E-state index contributed by atoms with van der Waals surface area (Å²) < 4.78 is 29.1. The summed E-state index contributed by atoms with van der Waals surface area (Å²) in [5, 5.41) is 0.947. The highest BCUT2D eigenvalue weighted by atomic mass is 35.5. The van der Waals surface area contributed by atoms with Gasteiger partial charge in [-0.05, 0) is 47.9 Å². The van der Waals surface area contributed by atoms with Gasteiger partial charge >= 0.3 is 0 Å². The maximum atomic E-state index is 13.0. The number of amides is 1. The Bertz CT molecular complexity index is 1020. The van der Waals surface area contributed by atoms with Gasteiger partial charge in [-0.3, -0.25) is 4.79 Å². The molecule has 0 N–H and O–H groups in total. The fourth-order valence-electron chi connectivity index (χ4n) is 3.23. The minimum absolute atomic E-state index is 0.0234. The monoisotopic (exact) mass is 453 g/mol. The topological polar surface area (TPSA) is 63.7 Å². The van der Waals surface area contributed by atoms with Gasteiger partial charge in [-0.1, -0.05) is 41.4 Å². The molecule has 0 radical (unpaired) electrons. The van der Waals surface area contributed by atoms with E-state index in [1.165, 1.54) is 6.08 Å². The minimum Gasteiger partial charge on any atom is -0.497 e. The lowest BCUT2D eigenvalue weighted by atomic mass is 10.1. The summed E-state index contributed by atoms with van der Waals surface area (Å²) in [4.78, 5) is 14.6. The highest BCUT2D eigenvalue weighted by Gasteiger charge is 2.34. The zero-order valence-electron chi connectivity index (χ0n) is 15.8. The fraction of sp³-hybridized carbons (Fsp3) is 0.286. The van der Waals surface area contributed by atoms with Crippen LogP contribution in [0.15, 0.2) is 48.5 Å². The van der Waals surface area contributed by atoms with Crippen molar-refractivity contribution < 1.29 is 17.9 Å². The van der Waals surface area contributed by atoms with Crippen molar-refractivity contribution in [2.75, 3.05) is 18.6 Å². The molecule has 0 saturated carbocycles. The normalized spacial score (nSPS) is 18.1. The van der Waals surface area contributed by atoms with Crippen molar-refractivity contribution in [1.29, 1.82) is 0 Å². The van der Waals surface area contributed by atoms with Gasteiger partial charge in [0.25, 0.3) is 0 Å². The van der Waals surface area contributed by atoms with Gasteiger partial charge in [0.1, 0.15) is 5.75 Å². The second-order valence-corrected chi connectivity index (χ2v) is 9.94. The Morgan fingerprint density at radius 3 is 2.52 bits per heavy atom. The molecule has 1 aliphatic rings. The van der Waals surface area contributed by atoms with E-state index in [0.717, 1.165) is 5.56 Å². The summed E-state index contributed by atoms with van der Waals surface area (Å²) in [5.41, 5.74) is 1.55. The molecule has 0 aliphatic carbocycles. The molecule has 1 amide bonds. The Hall–Kier alpha value is -2.02. The molecule has 5 nitrogen and oxygen atoms in total. The molecule has 1 saturated heterocycles. The van der Waals surface area contributed by atoms with E-state index in [1.807, 2.05) is 24.3 Å². The van der Waals surface area contributed by atoms with E-state index in [4.69, 9.17) is 27.9 Å². The highest BCUT2D eigenvalue weighted by molar-refractivity contribution is 7.91. The number of ether oxygens (including phenoxy) is 1. The maximum absolute atomic E-state index is 13.0. The van der Waals surface area contributed by atoms with Gasteiger partial charge in [-0.25, -0.2) is 8.42 Å². The van der Waals surface area contributed by atoms with E-state index < -0.39 is 9.84 Å². The molecule has 2 aromatic rings. The van der Waals surface area contributed by atoms with Crippen molar-refractivity contribution in [3.63, 3.8) is 0 Å². The molecule has 0 spiro atoms. The van der Waals surface area contributed by atoms with Gasteiger partial charge in [-0.15, -0.1) is 0 Å². The molecule has 1 unspecified atom stereocenters. The van der Waals surface area contributed by atoms with E-state index in [-0.39, 0.29) is 23.5 Å². The van der Waals surface area contributed by atoms with Gasteiger partial charge in [0, 0.05) is 28.7 Å². The second-order valence-electron chi connectivity index (χ2n) is 6.87. The van der Waals surface area contributed by atoms with Crippen LogP contribution in [-0.2, 0) is 21.2 Å². The third-order valence-electron chi connectivity index (χ3n) is 4.81. The number of halogens is 2. The zero-order valence-corrected chi connectivity index (χ0v) is 18.2. The van der Waals surface area contributed by atoms with Crippen LogP contribution in [0.4, 0.5) is 0 Å². The van der Waals surface area contributed by atoms with Crippen LogP contribution in [0.25, 0.3) is 6.08 Å². The van der Waals surface area contributed by atoms with E-state index in [2.05, 4.69) is 0 Å². The van der Waals surface area contributed by atoms with E-state index >= 15 is 0 Å². The quantitative estimate of drug-likeness (QED) is 0.613. The first-order valence-electron chi connectivity index (χ1n) is 9.04. The van der Waals surface area contributed by atoms with Crippen LogP contribution in [0.2, 0.25) is 10.0 Å². The molecule has 1 heterocycles. The summed E-state index contributed by atoms with van der Waals surface area (Å²) in [6.45, 7) is 0.307. The smallest absolute Gasteiger partial charge is 0.247 e. The van der Waals surface area contributed by atoms with Gasteiger partial charge in [-0.2, -0.15) is 0 Å². The lowest BCUT2D eigenvalue weighted by molar-refractivity contribution is -0.128. The lowest BCUT2D eigenvalue weighted by Crippen LogP contribution is -2.39. The van der Waals surface area contributed by atoms with E-state index in [1.54, 1.807) is 36.3 Å². The molecule has 1 aliphatic heterocycles. The van der Waals surface area contributed by atoms with E-state index in [9.17, 15) is 13.2 Å². The first-order valence-corrected chi connectivity index (χ1v) is 11.6. The van der Waals surface area contributed by atoms with E-state index in [0.29, 0.717) is 34.3 Å². The first kappa shape index (κ1) is 21.7. The predicted octanol–water partition coefficient (Wildman–Crippen LogP) is 4.23. The number of hydrogen-bond donors (Lipinski definition) is 0. The van der Waals surface area contributed by atoms with Gasteiger partial charge in [0.05, 0.1) is 18.6 Å². The van der Waals surface area contributed by atoms with Crippen molar-refractivity contribution in [2.45, 2.75) is 19.0 Å². The molecule has 29 heavy (non-hydrogen) atoms. The first-order chi connectivity index (χ1) is 13.8. The van der Waals surface area contributed by atoms with Crippen LogP contribution in [0.3, 0.4) is 0 Å². The SMILES string of the molecule is COc1ccc(CN(C(=O)/C=C/c2ccc(Cl)cc2Cl)C2CCS(=O)(=O)C2)cc1. The van der Waals surface area contributed by atoms with Gasteiger partial charge in [0.15, 0.2) is 9.84 Å². The van der Waals surface area contributed by atoms with Gasteiger partial charge < -0.3 is 9.64 Å². The van der Waals surface area contributed by atoms with Crippen molar-refractivity contribution in [3.8, 4) is 5.75 Å². The Labute approximate surface area is 180 Å². The van der Waals surface area contributed by atoms with Crippen LogP contribution in [0.1, 0.15) is 17.5 Å². The third-order valence-corrected chi connectivity index (χ3v) is 7.12. The molecular weight excluding hydrogens is 433 g/mol. The Morgan fingerprint density at radius 2 is 1.93 bits per heavy atom. The molecule has 2 aromatic carbocycles. The number of carbonyl (C=O) groups is 1. The number of hydrogen-bond acceptors (Lipinski definition) is 4. The standard InChI is InChI=1S/C21H21Cl2NO4S/c1-28-19-7-2-15(3-8-19)13-24(18-10-11-29(26,27)14-18)21(25)9-5-16-4-6-17(22)12-20(16)23/h2-9,12,18H,10-11,13-14H2,1H3/b9-5+. The number of carbonyl (C=O) groups excluding carboxylic acids is 1. The zero-order chi connectivity index (χ0) is 21.0. The molecule has 3 rings (SSSR count). The third kappa shape index (κ3) is 5.75. The summed E-state index contributed by atoms with van der Waals surface area (Å²) >= 11 is 12.1. The number of nitrogens with zero attached hydrogens (tertiary/aromatic N) is 1. The minimum atomic E-state index is -3.13. The molecule has 1 atom stereocenters. The summed E-state index contributed by atoms with van der Waals surface area (Å²) in [6, 6.07) is 12.0. The van der Waals surface area contributed by atoms with Crippen LogP contribution in [0.5, 0.6) is 5.75 Å².